The molecule has 13 aromatic rings. The van der Waals surface area contributed by atoms with Crippen LogP contribution in [0.5, 0.6) is 0 Å². The minimum absolute atomic E-state index is 0.115. The first-order valence-electron chi connectivity index (χ1n) is 20.9. The smallest absolute Gasteiger partial charge is 0.143 e. The Morgan fingerprint density at radius 1 is 0.410 bits per heavy atom. The molecular weight excluding hydrogens is 777 g/mol. The third-order valence-corrected chi connectivity index (χ3v) is 15.4. The van der Waals surface area contributed by atoms with Gasteiger partial charge in [0.25, 0.3) is 0 Å². The molecule has 3 heterocycles. The number of hydrogen-bond acceptors (Lipinski definition) is 4. The maximum atomic E-state index is 5.74. The van der Waals surface area contributed by atoms with Crippen molar-refractivity contribution in [2.45, 2.75) is 5.92 Å². The van der Waals surface area contributed by atoms with E-state index in [0.717, 1.165) is 32.7 Å². The molecule has 282 valence electrons. The molecule has 0 bridgehead atoms. The Morgan fingerprint density at radius 3 is 2.00 bits per heavy atom. The second-order valence-electron chi connectivity index (χ2n) is 16.3. The Labute approximate surface area is 358 Å². The highest BCUT2D eigenvalue weighted by Crippen LogP contribution is 2.58. The standard InChI is InChI=1S/C57H32N2S2/c1-2-14-32(15-3-1)53-55(58-54-44-24-12-13-25-46(44)61-57(54)59-53)50-42-22-10-8-20-40(42)48-41-21-9-11-23-43(41)51-49-37-28-26-35(30-34(37)27-29-47(49)60-56(51)52(48)50)45-31-33-16-4-5-17-36(33)38-18-6-7-19-39(38)45/h1-31,50H. The summed E-state index contributed by atoms with van der Waals surface area (Å²) in [7, 11) is 0. The van der Waals surface area contributed by atoms with Crippen molar-refractivity contribution in [3.63, 3.8) is 0 Å². The summed E-state index contributed by atoms with van der Waals surface area (Å²) in [4.78, 5) is 12.2. The Hall–Kier alpha value is -7.24. The Morgan fingerprint density at radius 2 is 1.11 bits per heavy atom. The van der Waals surface area contributed by atoms with Gasteiger partial charge in [0.15, 0.2) is 0 Å². The van der Waals surface area contributed by atoms with Crippen molar-refractivity contribution in [2.24, 2.45) is 0 Å². The molecule has 0 saturated heterocycles. The molecule has 0 amide bonds. The summed E-state index contributed by atoms with van der Waals surface area (Å²) in [5.41, 5.74) is 11.8. The fourth-order valence-electron chi connectivity index (χ4n) is 10.5. The van der Waals surface area contributed by atoms with Crippen LogP contribution in [0.4, 0.5) is 0 Å². The summed E-state index contributed by atoms with van der Waals surface area (Å²) < 4.78 is 3.84. The van der Waals surface area contributed by atoms with E-state index in [1.54, 1.807) is 11.3 Å². The van der Waals surface area contributed by atoms with Gasteiger partial charge in [-0.25, -0.2) is 9.97 Å². The number of benzene rings is 10. The van der Waals surface area contributed by atoms with Crippen molar-refractivity contribution in [1.82, 2.24) is 9.97 Å². The molecule has 61 heavy (non-hydrogen) atoms. The monoisotopic (exact) mass is 808 g/mol. The normalized spacial score (nSPS) is 13.7. The summed E-state index contributed by atoms with van der Waals surface area (Å²) in [5, 5.41) is 14.1. The van der Waals surface area contributed by atoms with Crippen LogP contribution >= 0.6 is 22.7 Å². The van der Waals surface area contributed by atoms with Gasteiger partial charge in [0.05, 0.1) is 17.3 Å². The van der Waals surface area contributed by atoms with Gasteiger partial charge in [0.1, 0.15) is 10.3 Å². The summed E-state index contributed by atoms with van der Waals surface area (Å²) in [6.07, 6.45) is 0. The van der Waals surface area contributed by atoms with E-state index >= 15 is 0 Å². The van der Waals surface area contributed by atoms with Crippen LogP contribution in [-0.2, 0) is 0 Å². The zero-order chi connectivity index (χ0) is 39.8. The van der Waals surface area contributed by atoms with Crippen molar-refractivity contribution < 1.29 is 0 Å². The van der Waals surface area contributed by atoms with E-state index in [0.29, 0.717) is 0 Å². The molecule has 10 aromatic carbocycles. The molecule has 1 aliphatic rings. The van der Waals surface area contributed by atoms with Crippen LogP contribution in [-0.4, -0.2) is 9.97 Å². The van der Waals surface area contributed by atoms with E-state index < -0.39 is 0 Å². The fourth-order valence-corrected chi connectivity index (χ4v) is 12.9. The van der Waals surface area contributed by atoms with E-state index in [1.165, 1.54) is 101 Å². The summed E-state index contributed by atoms with van der Waals surface area (Å²) in [6.45, 7) is 0. The molecule has 0 fully saturated rings. The summed E-state index contributed by atoms with van der Waals surface area (Å²) >= 11 is 3.66. The van der Waals surface area contributed by atoms with Crippen LogP contribution in [0.1, 0.15) is 22.7 Å². The van der Waals surface area contributed by atoms with Crippen LogP contribution in [0.15, 0.2) is 188 Å². The van der Waals surface area contributed by atoms with Crippen molar-refractivity contribution >= 4 is 106 Å². The fraction of sp³-hybridized carbons (Fsp3) is 0.0175. The Balaban J connectivity index is 1.07. The van der Waals surface area contributed by atoms with Gasteiger partial charge in [0.2, 0.25) is 0 Å². The maximum Gasteiger partial charge on any atom is 0.143 e. The molecule has 1 aliphatic carbocycles. The molecule has 0 radical (unpaired) electrons. The predicted octanol–water partition coefficient (Wildman–Crippen LogP) is 16.3. The third kappa shape index (κ3) is 4.72. The molecule has 4 heteroatoms. The number of aromatic nitrogens is 2. The minimum atomic E-state index is -0.115. The summed E-state index contributed by atoms with van der Waals surface area (Å²) in [5.74, 6) is -0.115. The third-order valence-electron chi connectivity index (χ3n) is 13.1. The first-order valence-corrected chi connectivity index (χ1v) is 22.5. The van der Waals surface area contributed by atoms with Crippen LogP contribution in [0.3, 0.4) is 0 Å². The Kier molecular flexibility index (Phi) is 6.96. The van der Waals surface area contributed by atoms with E-state index in [1.807, 2.05) is 11.3 Å². The lowest BCUT2D eigenvalue weighted by molar-refractivity contribution is 0.960. The highest BCUT2D eigenvalue weighted by molar-refractivity contribution is 7.26. The average molecular weight is 809 g/mol. The molecule has 0 spiro atoms. The SMILES string of the molecule is c1ccc(-c2nc3sc4ccccc4c3nc2C2c3ccccc3-c3c2c2sc4ccc5cc(-c6cc7ccccc7c7ccccc67)ccc5c4c2c2ccccc32)cc1. The van der Waals surface area contributed by atoms with E-state index in [9.17, 15) is 0 Å². The molecule has 0 aliphatic heterocycles. The van der Waals surface area contributed by atoms with Gasteiger partial charge in [-0.15, -0.1) is 22.7 Å². The van der Waals surface area contributed by atoms with Gasteiger partial charge in [-0.2, -0.15) is 0 Å². The van der Waals surface area contributed by atoms with Crippen LogP contribution in [0.2, 0.25) is 0 Å². The number of fused-ring (bicyclic) bond motifs is 18. The lowest BCUT2D eigenvalue weighted by Gasteiger charge is -2.19. The maximum absolute atomic E-state index is 5.74. The van der Waals surface area contributed by atoms with Crippen molar-refractivity contribution in [1.29, 1.82) is 0 Å². The first kappa shape index (κ1) is 33.6. The van der Waals surface area contributed by atoms with Gasteiger partial charge in [-0.1, -0.05) is 164 Å². The minimum Gasteiger partial charge on any atom is -0.246 e. The molecule has 14 rings (SSSR count). The number of nitrogens with zero attached hydrogens (tertiary/aromatic N) is 2. The highest BCUT2D eigenvalue weighted by atomic mass is 32.1. The van der Waals surface area contributed by atoms with E-state index in [-0.39, 0.29) is 5.92 Å². The largest absolute Gasteiger partial charge is 0.246 e. The molecule has 1 unspecified atom stereocenters. The van der Waals surface area contributed by atoms with Crippen molar-refractivity contribution in [2.75, 3.05) is 0 Å². The number of hydrogen-bond donors (Lipinski definition) is 0. The second kappa shape index (κ2) is 12.6. The van der Waals surface area contributed by atoms with E-state index in [4.69, 9.17) is 9.97 Å². The van der Waals surface area contributed by atoms with Gasteiger partial charge in [-0.3, -0.25) is 0 Å². The van der Waals surface area contributed by atoms with Gasteiger partial charge in [0, 0.05) is 35.8 Å². The Bertz CT molecular complexity index is 4010. The second-order valence-corrected chi connectivity index (χ2v) is 18.4. The van der Waals surface area contributed by atoms with Gasteiger partial charge in [-0.05, 0) is 101 Å². The molecule has 2 nitrogen and oxygen atoms in total. The molecule has 1 atom stereocenters. The predicted molar refractivity (Wildman–Crippen MR) is 262 cm³/mol. The van der Waals surface area contributed by atoms with E-state index in [2.05, 4.69) is 188 Å². The first-order chi connectivity index (χ1) is 30.3. The molecule has 3 aromatic heterocycles. The number of thiophene rings is 2. The lowest BCUT2D eigenvalue weighted by atomic mass is 9.87. The van der Waals surface area contributed by atoms with Crippen LogP contribution in [0.25, 0.3) is 117 Å². The summed E-state index contributed by atoms with van der Waals surface area (Å²) in [6, 6.07) is 69.2. The topological polar surface area (TPSA) is 25.8 Å². The van der Waals surface area contributed by atoms with Crippen molar-refractivity contribution in [3.8, 4) is 33.5 Å². The quantitative estimate of drug-likeness (QED) is 0.166. The van der Waals surface area contributed by atoms with Crippen molar-refractivity contribution in [3.05, 3.63) is 205 Å². The molecule has 0 N–H and O–H groups in total. The zero-order valence-electron chi connectivity index (χ0n) is 32.7. The lowest BCUT2D eigenvalue weighted by Crippen LogP contribution is -2.07. The van der Waals surface area contributed by atoms with Gasteiger partial charge < -0.3 is 0 Å². The van der Waals surface area contributed by atoms with Crippen LogP contribution < -0.4 is 0 Å². The van der Waals surface area contributed by atoms with Crippen LogP contribution in [0, 0.1) is 0 Å². The highest BCUT2D eigenvalue weighted by Gasteiger charge is 2.38. The zero-order valence-corrected chi connectivity index (χ0v) is 34.3. The molecule has 0 saturated carbocycles. The average Bonchev–Trinajstić information content (AvgIpc) is 4.01. The molecular formula is C57H32N2S2. The number of rotatable bonds is 3. The van der Waals surface area contributed by atoms with Gasteiger partial charge >= 0.3 is 0 Å².